The highest BCUT2D eigenvalue weighted by molar-refractivity contribution is 5.81. The summed E-state index contributed by atoms with van der Waals surface area (Å²) in [4.78, 5) is 8.62. The van der Waals surface area contributed by atoms with Crippen LogP contribution in [0, 0.1) is 0 Å². The maximum absolute atomic E-state index is 5.43. The number of hydrogen-bond acceptors (Lipinski definition) is 4. The Morgan fingerprint density at radius 3 is 1.89 bits per heavy atom. The highest BCUT2D eigenvalue weighted by atomic mass is 16.5. The third-order valence-electron chi connectivity index (χ3n) is 3.00. The molecule has 2 aliphatic heterocycles. The van der Waals surface area contributed by atoms with Crippen LogP contribution in [0.3, 0.4) is 0 Å². The zero-order valence-corrected chi connectivity index (χ0v) is 10.3. The predicted molar refractivity (Wildman–Crippen MR) is 70.4 cm³/mol. The zero-order valence-electron chi connectivity index (χ0n) is 10.3. The molecule has 0 fully saturated rings. The molecule has 1 aromatic rings. The van der Waals surface area contributed by atoms with Gasteiger partial charge in [0, 0.05) is 12.8 Å². The first-order valence-electron chi connectivity index (χ1n) is 6.30. The van der Waals surface area contributed by atoms with Crippen LogP contribution in [-0.2, 0) is 22.3 Å². The van der Waals surface area contributed by atoms with Crippen LogP contribution in [0.2, 0.25) is 0 Å². The maximum atomic E-state index is 5.43. The van der Waals surface area contributed by atoms with E-state index in [0.717, 1.165) is 50.9 Å². The van der Waals surface area contributed by atoms with E-state index in [9.17, 15) is 0 Å². The predicted octanol–water partition coefficient (Wildman–Crippen LogP) is 1.63. The fraction of sp³-hybridized carbons (Fsp3) is 0.429. The van der Waals surface area contributed by atoms with Crippen molar-refractivity contribution in [1.29, 1.82) is 0 Å². The van der Waals surface area contributed by atoms with Gasteiger partial charge in [-0.2, -0.15) is 0 Å². The molecule has 0 saturated heterocycles. The van der Waals surface area contributed by atoms with E-state index in [1.807, 2.05) is 0 Å². The minimum atomic E-state index is 0.722. The Balaban J connectivity index is 1.68. The molecule has 2 aliphatic rings. The number of hydrogen-bond donors (Lipinski definition) is 0. The Kier molecular flexibility index (Phi) is 3.26. The van der Waals surface area contributed by atoms with Gasteiger partial charge in [0.1, 0.15) is 13.2 Å². The van der Waals surface area contributed by atoms with Gasteiger partial charge < -0.3 is 9.47 Å². The van der Waals surface area contributed by atoms with Gasteiger partial charge in [-0.05, 0) is 11.1 Å². The van der Waals surface area contributed by atoms with Crippen molar-refractivity contribution in [3.63, 3.8) is 0 Å². The summed E-state index contributed by atoms with van der Waals surface area (Å²) in [5.41, 5.74) is 2.46. The normalized spacial score (nSPS) is 18.0. The highest BCUT2D eigenvalue weighted by Gasteiger charge is 2.11. The summed E-state index contributed by atoms with van der Waals surface area (Å²) in [6, 6.07) is 8.44. The largest absolute Gasteiger partial charge is 0.479 e. The van der Waals surface area contributed by atoms with Crippen molar-refractivity contribution in [1.82, 2.24) is 0 Å². The van der Waals surface area contributed by atoms with Gasteiger partial charge in [0.2, 0.25) is 0 Å². The molecular weight excluding hydrogens is 228 g/mol. The Hall–Kier alpha value is -1.84. The van der Waals surface area contributed by atoms with Gasteiger partial charge >= 0.3 is 0 Å². The van der Waals surface area contributed by atoms with Crippen LogP contribution in [0.15, 0.2) is 34.3 Å². The second-order valence-electron chi connectivity index (χ2n) is 4.42. The minimum absolute atomic E-state index is 0.722. The van der Waals surface area contributed by atoms with Crippen LogP contribution in [0.4, 0.5) is 0 Å². The topological polar surface area (TPSA) is 43.2 Å². The monoisotopic (exact) mass is 244 g/mol. The molecule has 4 heteroatoms. The molecule has 0 radical (unpaired) electrons. The van der Waals surface area contributed by atoms with Crippen LogP contribution in [0.25, 0.3) is 0 Å². The van der Waals surface area contributed by atoms with Gasteiger partial charge in [0.15, 0.2) is 11.8 Å². The quantitative estimate of drug-likeness (QED) is 0.808. The van der Waals surface area contributed by atoms with Gasteiger partial charge in [0.05, 0.1) is 13.1 Å². The minimum Gasteiger partial charge on any atom is -0.479 e. The van der Waals surface area contributed by atoms with Crippen molar-refractivity contribution < 1.29 is 9.47 Å². The molecule has 0 saturated carbocycles. The molecule has 0 unspecified atom stereocenters. The molecule has 0 aromatic heterocycles. The smallest absolute Gasteiger partial charge is 0.187 e. The van der Waals surface area contributed by atoms with E-state index >= 15 is 0 Å². The number of rotatable bonds is 4. The molecule has 0 N–H and O–H groups in total. The average Bonchev–Trinajstić information content (AvgIpc) is 3.03. The third-order valence-corrected chi connectivity index (χ3v) is 3.00. The summed E-state index contributed by atoms with van der Waals surface area (Å²) in [5, 5.41) is 0. The summed E-state index contributed by atoms with van der Waals surface area (Å²) in [6.07, 6.45) is 1.56. The first-order chi connectivity index (χ1) is 8.90. The van der Waals surface area contributed by atoms with E-state index < -0.39 is 0 Å². The fourth-order valence-corrected chi connectivity index (χ4v) is 2.17. The molecule has 0 bridgehead atoms. The van der Waals surface area contributed by atoms with Gasteiger partial charge in [-0.3, -0.25) is 9.98 Å². The zero-order chi connectivity index (χ0) is 12.2. The van der Waals surface area contributed by atoms with Crippen molar-refractivity contribution >= 4 is 11.8 Å². The summed E-state index contributed by atoms with van der Waals surface area (Å²) < 4.78 is 10.9. The third kappa shape index (κ3) is 2.70. The Bertz CT molecular complexity index is 453. The molecule has 0 spiro atoms. The second-order valence-corrected chi connectivity index (χ2v) is 4.42. The molecule has 3 rings (SSSR count). The molecule has 18 heavy (non-hydrogen) atoms. The number of benzene rings is 1. The first-order valence-corrected chi connectivity index (χ1v) is 6.30. The summed E-state index contributed by atoms with van der Waals surface area (Å²) in [6.45, 7) is 3.03. The first kappa shape index (κ1) is 11.3. The Morgan fingerprint density at radius 2 is 1.44 bits per heavy atom. The van der Waals surface area contributed by atoms with E-state index in [1.165, 1.54) is 11.1 Å². The summed E-state index contributed by atoms with van der Waals surface area (Å²) >= 11 is 0. The van der Waals surface area contributed by atoms with Crippen molar-refractivity contribution in [3.8, 4) is 0 Å². The van der Waals surface area contributed by atoms with Crippen molar-refractivity contribution in [2.24, 2.45) is 9.98 Å². The lowest BCUT2D eigenvalue weighted by atomic mass is 10.1. The number of ether oxygens (including phenoxy) is 2. The van der Waals surface area contributed by atoms with Gasteiger partial charge in [-0.25, -0.2) is 0 Å². The highest BCUT2D eigenvalue weighted by Crippen LogP contribution is 2.11. The van der Waals surface area contributed by atoms with Crippen LogP contribution >= 0.6 is 0 Å². The maximum Gasteiger partial charge on any atom is 0.187 e. The van der Waals surface area contributed by atoms with Crippen LogP contribution in [-0.4, -0.2) is 38.1 Å². The second kappa shape index (κ2) is 5.21. The van der Waals surface area contributed by atoms with E-state index in [-0.39, 0.29) is 0 Å². The fourth-order valence-electron chi connectivity index (χ4n) is 2.17. The summed E-state index contributed by atoms with van der Waals surface area (Å²) in [5.74, 6) is 1.70. The lowest BCUT2D eigenvalue weighted by Gasteiger charge is -2.06. The van der Waals surface area contributed by atoms with Gasteiger partial charge in [-0.1, -0.05) is 24.3 Å². The molecular formula is C14H16N2O2. The lowest BCUT2D eigenvalue weighted by Crippen LogP contribution is -2.06. The SMILES string of the molecule is c1cc(CC2=NCCO2)cc(CC2=NCCO2)c1. The molecule has 0 aliphatic carbocycles. The molecule has 0 atom stereocenters. The molecule has 4 nitrogen and oxygen atoms in total. The van der Waals surface area contributed by atoms with E-state index in [1.54, 1.807) is 0 Å². The van der Waals surface area contributed by atoms with E-state index in [2.05, 4.69) is 34.3 Å². The Labute approximate surface area is 106 Å². The average molecular weight is 244 g/mol. The molecule has 2 heterocycles. The van der Waals surface area contributed by atoms with E-state index in [4.69, 9.17) is 9.47 Å². The number of aliphatic imine (C=N–C) groups is 2. The standard InChI is InChI=1S/C14H16N2O2/c1-2-11(9-13-15-4-6-17-13)8-12(3-1)10-14-16-5-7-18-14/h1-3,8H,4-7,9-10H2. The Morgan fingerprint density at radius 1 is 0.889 bits per heavy atom. The van der Waals surface area contributed by atoms with Crippen molar-refractivity contribution in [3.05, 3.63) is 35.4 Å². The van der Waals surface area contributed by atoms with E-state index in [0.29, 0.717) is 0 Å². The van der Waals surface area contributed by atoms with Crippen molar-refractivity contribution in [2.75, 3.05) is 26.3 Å². The summed E-state index contributed by atoms with van der Waals surface area (Å²) in [7, 11) is 0. The molecule has 0 amide bonds. The van der Waals surface area contributed by atoms with Crippen LogP contribution in [0.5, 0.6) is 0 Å². The van der Waals surface area contributed by atoms with Crippen molar-refractivity contribution in [2.45, 2.75) is 12.8 Å². The van der Waals surface area contributed by atoms with Crippen LogP contribution < -0.4 is 0 Å². The van der Waals surface area contributed by atoms with Crippen LogP contribution in [0.1, 0.15) is 11.1 Å². The molecule has 94 valence electrons. The van der Waals surface area contributed by atoms with Gasteiger partial charge in [-0.15, -0.1) is 0 Å². The molecule has 1 aromatic carbocycles. The lowest BCUT2D eigenvalue weighted by molar-refractivity contribution is 0.340. The number of nitrogens with zero attached hydrogens (tertiary/aromatic N) is 2. The van der Waals surface area contributed by atoms with Gasteiger partial charge in [0.25, 0.3) is 0 Å².